The number of carbonyl (C=O) groups is 4. The summed E-state index contributed by atoms with van der Waals surface area (Å²) in [6, 6.07) is 0. The second kappa shape index (κ2) is 3.68. The molecule has 2 aliphatic carbocycles. The lowest BCUT2D eigenvalue weighted by atomic mass is 9.91. The van der Waals surface area contributed by atoms with Gasteiger partial charge in [-0.1, -0.05) is 0 Å². The Morgan fingerprint density at radius 1 is 0.800 bits per heavy atom. The predicted octanol–water partition coefficient (Wildman–Crippen LogP) is 0.473. The lowest BCUT2D eigenvalue weighted by Gasteiger charge is -2.10. The van der Waals surface area contributed by atoms with Crippen molar-refractivity contribution in [2.24, 2.45) is 11.8 Å². The molecule has 0 radical (unpaired) electrons. The van der Waals surface area contributed by atoms with Crippen LogP contribution >= 0.6 is 0 Å². The highest BCUT2D eigenvalue weighted by Crippen LogP contribution is 2.31. The summed E-state index contributed by atoms with van der Waals surface area (Å²) in [6.07, 6.45) is 0.946. The third kappa shape index (κ3) is 2.03. The number of hydrogen-bond donors (Lipinski definition) is 0. The van der Waals surface area contributed by atoms with E-state index in [1.54, 1.807) is 0 Å². The number of rotatable bonds is 2. The van der Waals surface area contributed by atoms with Crippen LogP contribution in [0.2, 0.25) is 0 Å². The summed E-state index contributed by atoms with van der Waals surface area (Å²) in [5.41, 5.74) is 0. The molecular weight excluding hydrogens is 196 g/mol. The molecule has 80 valence electrons. The van der Waals surface area contributed by atoms with Gasteiger partial charge in [0.25, 0.3) is 0 Å². The molecule has 2 saturated carbocycles. The second-order valence-electron chi connectivity index (χ2n) is 4.40. The van der Waals surface area contributed by atoms with Gasteiger partial charge in [0.05, 0.1) is 12.8 Å². The normalized spacial score (nSPS) is 31.7. The van der Waals surface area contributed by atoms with Gasteiger partial charge in [0, 0.05) is 24.7 Å². The van der Waals surface area contributed by atoms with Gasteiger partial charge in [-0.25, -0.2) is 0 Å². The van der Waals surface area contributed by atoms with Crippen molar-refractivity contribution in [3.63, 3.8) is 0 Å². The minimum Gasteiger partial charge on any atom is -0.299 e. The van der Waals surface area contributed by atoms with Crippen molar-refractivity contribution in [2.75, 3.05) is 0 Å². The molecule has 0 saturated heterocycles. The van der Waals surface area contributed by atoms with Crippen LogP contribution in [0.5, 0.6) is 0 Å². The van der Waals surface area contributed by atoms with Gasteiger partial charge in [0.1, 0.15) is 23.1 Å². The maximum Gasteiger partial charge on any atom is 0.143 e. The first-order valence-electron chi connectivity index (χ1n) is 5.15. The molecule has 2 fully saturated rings. The smallest absolute Gasteiger partial charge is 0.143 e. The monoisotopic (exact) mass is 208 g/mol. The molecular formula is C11H12O4. The van der Waals surface area contributed by atoms with Crippen molar-refractivity contribution in [3.8, 4) is 0 Å². The largest absolute Gasteiger partial charge is 0.299 e. The van der Waals surface area contributed by atoms with Crippen molar-refractivity contribution >= 4 is 23.1 Å². The van der Waals surface area contributed by atoms with E-state index in [0.29, 0.717) is 6.42 Å². The third-order valence-electron chi connectivity index (χ3n) is 3.17. The summed E-state index contributed by atoms with van der Waals surface area (Å²) in [4.78, 5) is 44.7. The molecule has 2 rings (SSSR count). The molecule has 4 heteroatoms. The molecule has 2 unspecified atom stereocenters. The van der Waals surface area contributed by atoms with Gasteiger partial charge in [-0.15, -0.1) is 0 Å². The summed E-state index contributed by atoms with van der Waals surface area (Å²) in [7, 11) is 0. The first-order valence-corrected chi connectivity index (χ1v) is 5.15. The minimum absolute atomic E-state index is 0.0134. The molecule has 0 aromatic carbocycles. The molecule has 0 spiro atoms. The number of Topliss-reactive ketones (excluding diaryl/α,β-unsaturated/α-hetero) is 4. The molecule has 4 nitrogen and oxygen atoms in total. The van der Waals surface area contributed by atoms with Crippen LogP contribution < -0.4 is 0 Å². The predicted molar refractivity (Wildman–Crippen MR) is 50.1 cm³/mol. The average molecular weight is 208 g/mol. The Kier molecular flexibility index (Phi) is 2.50. The van der Waals surface area contributed by atoms with Crippen molar-refractivity contribution < 1.29 is 19.2 Å². The van der Waals surface area contributed by atoms with Gasteiger partial charge in [-0.05, 0) is 6.42 Å². The molecule has 0 aromatic rings. The highest BCUT2D eigenvalue weighted by molar-refractivity contribution is 6.09. The summed E-state index contributed by atoms with van der Waals surface area (Å²) in [6.45, 7) is 0. The standard InChI is InChI=1S/C11H12O4/c12-8-2-6(10(14)4-8)1-7-3-9(13)5-11(7)15/h6-7H,1-5H2. The number of carbonyl (C=O) groups excluding carboxylic acids is 4. The van der Waals surface area contributed by atoms with Gasteiger partial charge >= 0.3 is 0 Å². The third-order valence-corrected chi connectivity index (χ3v) is 3.17. The Labute approximate surface area is 87.0 Å². The van der Waals surface area contributed by atoms with E-state index in [9.17, 15) is 19.2 Å². The summed E-state index contributed by atoms with van der Waals surface area (Å²) in [5, 5.41) is 0. The average Bonchev–Trinajstić information content (AvgIpc) is 2.58. The van der Waals surface area contributed by atoms with Crippen LogP contribution in [0, 0.1) is 11.8 Å². The molecule has 0 aliphatic heterocycles. The van der Waals surface area contributed by atoms with E-state index in [1.165, 1.54) is 0 Å². The van der Waals surface area contributed by atoms with Crippen molar-refractivity contribution in [1.29, 1.82) is 0 Å². The Morgan fingerprint density at radius 2 is 1.20 bits per heavy atom. The minimum atomic E-state index is -0.308. The van der Waals surface area contributed by atoms with E-state index >= 15 is 0 Å². The van der Waals surface area contributed by atoms with Crippen LogP contribution in [0.15, 0.2) is 0 Å². The zero-order valence-corrected chi connectivity index (χ0v) is 8.32. The van der Waals surface area contributed by atoms with Crippen molar-refractivity contribution in [3.05, 3.63) is 0 Å². The van der Waals surface area contributed by atoms with Gasteiger partial charge in [0.15, 0.2) is 0 Å². The molecule has 0 aromatic heterocycles. The van der Waals surface area contributed by atoms with Gasteiger partial charge in [-0.2, -0.15) is 0 Å². The molecule has 0 heterocycles. The Balaban J connectivity index is 1.98. The highest BCUT2D eigenvalue weighted by Gasteiger charge is 2.38. The maximum atomic E-state index is 11.3. The first kappa shape index (κ1) is 10.2. The molecule has 0 bridgehead atoms. The SMILES string of the molecule is O=C1CC(=O)C(CC2CC(=O)CC2=O)C1. The quantitative estimate of drug-likeness (QED) is 0.619. The summed E-state index contributed by atoms with van der Waals surface area (Å²) < 4.78 is 0. The molecule has 2 aliphatic rings. The van der Waals surface area contributed by atoms with Crippen LogP contribution in [-0.2, 0) is 19.2 Å². The number of hydrogen-bond acceptors (Lipinski definition) is 4. The van der Waals surface area contributed by atoms with E-state index in [-0.39, 0.29) is 60.7 Å². The molecule has 15 heavy (non-hydrogen) atoms. The Hall–Kier alpha value is -1.32. The van der Waals surface area contributed by atoms with E-state index in [0.717, 1.165) is 0 Å². The van der Waals surface area contributed by atoms with E-state index in [2.05, 4.69) is 0 Å². The lowest BCUT2D eigenvalue weighted by Crippen LogP contribution is -2.15. The topological polar surface area (TPSA) is 68.3 Å². The van der Waals surface area contributed by atoms with Crippen LogP contribution in [0.25, 0.3) is 0 Å². The maximum absolute atomic E-state index is 11.3. The fourth-order valence-electron chi connectivity index (χ4n) is 2.37. The first-order chi connectivity index (χ1) is 7.06. The molecule has 2 atom stereocenters. The van der Waals surface area contributed by atoms with Gasteiger partial charge < -0.3 is 0 Å². The van der Waals surface area contributed by atoms with Crippen LogP contribution in [0.4, 0.5) is 0 Å². The van der Waals surface area contributed by atoms with Crippen molar-refractivity contribution in [1.82, 2.24) is 0 Å². The van der Waals surface area contributed by atoms with Crippen molar-refractivity contribution in [2.45, 2.75) is 32.1 Å². The fourth-order valence-corrected chi connectivity index (χ4v) is 2.37. The number of ketones is 4. The molecule has 0 amide bonds. The van der Waals surface area contributed by atoms with E-state index in [1.807, 2.05) is 0 Å². The highest BCUT2D eigenvalue weighted by atomic mass is 16.2. The van der Waals surface area contributed by atoms with Crippen LogP contribution in [0.1, 0.15) is 32.1 Å². The zero-order valence-electron chi connectivity index (χ0n) is 8.32. The second-order valence-corrected chi connectivity index (χ2v) is 4.40. The Morgan fingerprint density at radius 3 is 1.47 bits per heavy atom. The van der Waals surface area contributed by atoms with Crippen LogP contribution in [0.3, 0.4) is 0 Å². The van der Waals surface area contributed by atoms with E-state index < -0.39 is 0 Å². The Bertz CT molecular complexity index is 322. The van der Waals surface area contributed by atoms with Gasteiger partial charge in [-0.3, -0.25) is 19.2 Å². The van der Waals surface area contributed by atoms with Crippen LogP contribution in [-0.4, -0.2) is 23.1 Å². The lowest BCUT2D eigenvalue weighted by molar-refractivity contribution is -0.123. The zero-order chi connectivity index (χ0) is 11.0. The summed E-state index contributed by atoms with van der Waals surface area (Å²) >= 11 is 0. The molecule has 0 N–H and O–H groups in total. The summed E-state index contributed by atoms with van der Waals surface area (Å²) in [5.74, 6) is -0.822. The van der Waals surface area contributed by atoms with Gasteiger partial charge in [0.2, 0.25) is 0 Å². The van der Waals surface area contributed by atoms with E-state index in [4.69, 9.17) is 0 Å². The fraction of sp³-hybridized carbons (Fsp3) is 0.636.